The zero-order valence-electron chi connectivity index (χ0n) is 12.1. The zero-order valence-corrected chi connectivity index (χ0v) is 15.8. The Morgan fingerprint density at radius 1 is 1.33 bits per heavy atom. The van der Waals surface area contributed by atoms with Gasteiger partial charge in [0, 0.05) is 22.5 Å². The van der Waals surface area contributed by atoms with Crippen molar-refractivity contribution in [2.45, 2.75) is 32.6 Å². The molecule has 0 unspecified atom stereocenters. The van der Waals surface area contributed by atoms with Crippen molar-refractivity contribution >= 4 is 44.3 Å². The molecule has 0 radical (unpaired) electrons. The SMILES string of the molecule is CCNc1nc(-c2ccc(C)cc2Br)nc(C2CC2)c1I. The quantitative estimate of drug-likeness (QED) is 0.647. The molecule has 0 bridgehead atoms. The van der Waals surface area contributed by atoms with Gasteiger partial charge in [-0.2, -0.15) is 0 Å². The third kappa shape index (κ3) is 3.23. The number of hydrogen-bond donors (Lipinski definition) is 1. The van der Waals surface area contributed by atoms with Crippen molar-refractivity contribution in [3.63, 3.8) is 0 Å². The smallest absolute Gasteiger partial charge is 0.162 e. The number of benzene rings is 1. The van der Waals surface area contributed by atoms with Crippen LogP contribution in [0.25, 0.3) is 11.4 Å². The Hall–Kier alpha value is -0.690. The standard InChI is InChI=1S/C16H17BrIN3/c1-3-19-16-13(18)14(10-5-6-10)20-15(21-16)11-7-4-9(2)8-12(11)17/h4,7-8,10H,3,5-6H2,1-2H3,(H,19,20,21). The predicted octanol–water partition coefficient (Wildman–Crippen LogP) is 5.13. The molecular weight excluding hydrogens is 441 g/mol. The van der Waals surface area contributed by atoms with E-state index in [1.165, 1.54) is 27.7 Å². The summed E-state index contributed by atoms with van der Waals surface area (Å²) in [6.45, 7) is 5.05. The van der Waals surface area contributed by atoms with Crippen molar-refractivity contribution in [3.05, 3.63) is 37.5 Å². The first-order valence-corrected chi connectivity index (χ1v) is 9.05. The summed E-state index contributed by atoms with van der Waals surface area (Å²) in [7, 11) is 0. The van der Waals surface area contributed by atoms with Crippen LogP contribution in [0.1, 0.15) is 36.9 Å². The summed E-state index contributed by atoms with van der Waals surface area (Å²) in [5.74, 6) is 2.37. The van der Waals surface area contributed by atoms with E-state index < -0.39 is 0 Å². The minimum atomic E-state index is 0.611. The first kappa shape index (κ1) is 15.2. The zero-order chi connectivity index (χ0) is 15.0. The Labute approximate surface area is 147 Å². The molecule has 0 spiro atoms. The van der Waals surface area contributed by atoms with E-state index in [9.17, 15) is 0 Å². The van der Waals surface area contributed by atoms with E-state index in [4.69, 9.17) is 9.97 Å². The molecule has 21 heavy (non-hydrogen) atoms. The maximum atomic E-state index is 4.85. The number of rotatable bonds is 4. The number of aryl methyl sites for hydroxylation is 1. The van der Waals surface area contributed by atoms with Gasteiger partial charge in [-0.3, -0.25) is 0 Å². The fourth-order valence-electron chi connectivity index (χ4n) is 2.30. The van der Waals surface area contributed by atoms with Gasteiger partial charge in [-0.1, -0.05) is 22.0 Å². The topological polar surface area (TPSA) is 37.8 Å². The number of hydrogen-bond acceptors (Lipinski definition) is 3. The predicted molar refractivity (Wildman–Crippen MR) is 98.8 cm³/mol. The minimum Gasteiger partial charge on any atom is -0.369 e. The van der Waals surface area contributed by atoms with E-state index in [0.29, 0.717) is 5.92 Å². The first-order chi connectivity index (χ1) is 10.1. The molecule has 1 aliphatic carbocycles. The van der Waals surface area contributed by atoms with Gasteiger partial charge >= 0.3 is 0 Å². The highest BCUT2D eigenvalue weighted by Crippen LogP contribution is 2.43. The maximum Gasteiger partial charge on any atom is 0.162 e. The summed E-state index contributed by atoms with van der Waals surface area (Å²) < 4.78 is 2.22. The van der Waals surface area contributed by atoms with Gasteiger partial charge in [0.2, 0.25) is 0 Å². The summed E-state index contributed by atoms with van der Waals surface area (Å²) in [6, 6.07) is 6.31. The molecule has 0 aliphatic heterocycles. The Balaban J connectivity index is 2.13. The normalized spacial score (nSPS) is 14.3. The molecule has 2 aromatic rings. The molecule has 1 saturated carbocycles. The maximum absolute atomic E-state index is 4.85. The molecule has 110 valence electrons. The summed E-state index contributed by atoms with van der Waals surface area (Å²) in [6.07, 6.45) is 2.49. The van der Waals surface area contributed by atoms with Crippen molar-refractivity contribution in [2.75, 3.05) is 11.9 Å². The van der Waals surface area contributed by atoms with Crippen molar-refractivity contribution < 1.29 is 0 Å². The highest BCUT2D eigenvalue weighted by Gasteiger charge is 2.29. The summed E-state index contributed by atoms with van der Waals surface area (Å²) in [5.41, 5.74) is 3.48. The average Bonchev–Trinajstić information content (AvgIpc) is 3.26. The van der Waals surface area contributed by atoms with Gasteiger partial charge in [0.05, 0.1) is 9.26 Å². The molecule has 1 aromatic heterocycles. The fourth-order valence-corrected chi connectivity index (χ4v) is 3.84. The van der Waals surface area contributed by atoms with E-state index in [1.807, 2.05) is 0 Å². The molecule has 3 nitrogen and oxygen atoms in total. The van der Waals surface area contributed by atoms with Crippen LogP contribution in [0.15, 0.2) is 22.7 Å². The molecule has 1 N–H and O–H groups in total. The van der Waals surface area contributed by atoms with E-state index in [-0.39, 0.29) is 0 Å². The van der Waals surface area contributed by atoms with Crippen LogP contribution >= 0.6 is 38.5 Å². The second-order valence-electron chi connectivity index (χ2n) is 5.38. The lowest BCUT2D eigenvalue weighted by Crippen LogP contribution is -2.07. The van der Waals surface area contributed by atoms with Crippen molar-refractivity contribution in [1.29, 1.82) is 0 Å². The molecule has 1 aromatic carbocycles. The van der Waals surface area contributed by atoms with Gasteiger partial charge in [0.1, 0.15) is 5.82 Å². The van der Waals surface area contributed by atoms with Crippen molar-refractivity contribution in [1.82, 2.24) is 9.97 Å². The van der Waals surface area contributed by atoms with Gasteiger partial charge in [-0.05, 0) is 67.0 Å². The highest BCUT2D eigenvalue weighted by molar-refractivity contribution is 14.1. The Kier molecular flexibility index (Phi) is 4.49. The van der Waals surface area contributed by atoms with Crippen LogP contribution < -0.4 is 5.32 Å². The monoisotopic (exact) mass is 457 g/mol. The molecule has 3 rings (SSSR count). The van der Waals surface area contributed by atoms with Crippen molar-refractivity contribution in [3.8, 4) is 11.4 Å². The van der Waals surface area contributed by atoms with Gasteiger partial charge in [0.25, 0.3) is 0 Å². The number of anilines is 1. The van der Waals surface area contributed by atoms with Gasteiger partial charge in [-0.25, -0.2) is 9.97 Å². The average molecular weight is 458 g/mol. The number of halogens is 2. The largest absolute Gasteiger partial charge is 0.369 e. The lowest BCUT2D eigenvalue weighted by atomic mass is 10.1. The Bertz CT molecular complexity index is 683. The lowest BCUT2D eigenvalue weighted by Gasteiger charge is -2.13. The van der Waals surface area contributed by atoms with E-state index in [2.05, 4.69) is 75.9 Å². The van der Waals surface area contributed by atoms with Crippen molar-refractivity contribution in [2.24, 2.45) is 0 Å². The molecule has 5 heteroatoms. The van der Waals surface area contributed by atoms with Gasteiger partial charge in [0.15, 0.2) is 5.82 Å². The number of aromatic nitrogens is 2. The summed E-state index contributed by atoms with van der Waals surface area (Å²) in [4.78, 5) is 9.58. The van der Waals surface area contributed by atoms with Crippen LogP contribution in [0.2, 0.25) is 0 Å². The van der Waals surface area contributed by atoms with E-state index in [0.717, 1.165) is 28.2 Å². The number of nitrogens with one attached hydrogen (secondary N) is 1. The van der Waals surface area contributed by atoms with Gasteiger partial charge < -0.3 is 5.32 Å². The molecule has 0 amide bonds. The van der Waals surface area contributed by atoms with Crippen LogP contribution in [-0.4, -0.2) is 16.5 Å². The lowest BCUT2D eigenvalue weighted by molar-refractivity contribution is 0.971. The third-order valence-corrected chi connectivity index (χ3v) is 5.27. The third-order valence-electron chi connectivity index (χ3n) is 3.55. The second-order valence-corrected chi connectivity index (χ2v) is 7.32. The van der Waals surface area contributed by atoms with Crippen LogP contribution in [0.3, 0.4) is 0 Å². The van der Waals surface area contributed by atoms with Crippen LogP contribution in [0.5, 0.6) is 0 Å². The van der Waals surface area contributed by atoms with Crippen LogP contribution in [0, 0.1) is 10.5 Å². The Morgan fingerprint density at radius 3 is 2.71 bits per heavy atom. The molecule has 1 aliphatic rings. The molecule has 0 atom stereocenters. The summed E-state index contributed by atoms with van der Waals surface area (Å²) in [5, 5.41) is 3.37. The minimum absolute atomic E-state index is 0.611. The fraction of sp³-hybridized carbons (Fsp3) is 0.375. The Morgan fingerprint density at radius 2 is 2.10 bits per heavy atom. The van der Waals surface area contributed by atoms with Gasteiger partial charge in [-0.15, -0.1) is 0 Å². The van der Waals surface area contributed by atoms with E-state index in [1.54, 1.807) is 0 Å². The molecule has 0 saturated heterocycles. The highest BCUT2D eigenvalue weighted by atomic mass is 127. The molecular formula is C16H17BrIN3. The molecule has 1 fully saturated rings. The van der Waals surface area contributed by atoms with Crippen LogP contribution in [0.4, 0.5) is 5.82 Å². The first-order valence-electron chi connectivity index (χ1n) is 7.18. The second kappa shape index (κ2) is 6.20. The number of nitrogens with zero attached hydrogens (tertiary/aromatic N) is 2. The van der Waals surface area contributed by atoms with Crippen LogP contribution in [-0.2, 0) is 0 Å². The summed E-state index contributed by atoms with van der Waals surface area (Å²) >= 11 is 6.01. The van der Waals surface area contributed by atoms with E-state index >= 15 is 0 Å². The molecule has 1 heterocycles.